The van der Waals surface area contributed by atoms with Gasteiger partial charge in [-0.1, -0.05) is 0 Å². The molecule has 0 aliphatic carbocycles. The van der Waals surface area contributed by atoms with Crippen LogP contribution in [0.2, 0.25) is 0 Å². The molecule has 0 aliphatic heterocycles. The van der Waals surface area contributed by atoms with Gasteiger partial charge in [-0.3, -0.25) is 0 Å². The summed E-state index contributed by atoms with van der Waals surface area (Å²) in [5, 5.41) is 16.8. The van der Waals surface area contributed by atoms with E-state index in [-0.39, 0.29) is 26.2 Å². The van der Waals surface area contributed by atoms with Gasteiger partial charge in [-0.2, -0.15) is 0 Å². The Bertz CT molecular complexity index is 30.7. The number of aliphatic hydroxyl groups excluding tert-OH is 2. The number of hydrogen-bond acceptors (Lipinski definition) is 2. The van der Waals surface area contributed by atoms with E-state index in [0.717, 1.165) is 0 Å². The first kappa shape index (κ1) is 10.7. The van der Waals surface area contributed by atoms with Gasteiger partial charge in [0, 0.05) is 0 Å². The fourth-order valence-electron chi connectivity index (χ4n) is 0. The van der Waals surface area contributed by atoms with Gasteiger partial charge in [0.1, 0.15) is 0 Å². The van der Waals surface area contributed by atoms with Gasteiger partial charge < -0.3 is 10.2 Å². The van der Waals surface area contributed by atoms with E-state index in [4.69, 9.17) is 10.2 Å². The summed E-state index contributed by atoms with van der Waals surface area (Å²) in [6.45, 7) is 3.09. The number of aliphatic hydroxyl groups is 2. The Morgan fingerprint density at radius 3 is 1.14 bits per heavy atom. The van der Waals surface area contributed by atoms with Gasteiger partial charge >= 0.3 is 26.2 Å². The van der Waals surface area contributed by atoms with E-state index < -0.39 is 12.2 Å². The molecule has 0 aromatic carbocycles. The number of rotatable bonds is 1. The molecule has 0 saturated carbocycles. The van der Waals surface area contributed by atoms with Gasteiger partial charge in [0.2, 0.25) is 0 Å². The zero-order valence-electron chi connectivity index (χ0n) is 4.46. The van der Waals surface area contributed by atoms with Crippen LogP contribution in [0.25, 0.3) is 0 Å². The van der Waals surface area contributed by atoms with E-state index in [1.54, 1.807) is 13.8 Å². The molecule has 0 rings (SSSR count). The first-order chi connectivity index (χ1) is 2.64. The van der Waals surface area contributed by atoms with E-state index in [1.165, 1.54) is 0 Å². The van der Waals surface area contributed by atoms with Crippen molar-refractivity contribution in [1.82, 2.24) is 0 Å². The Morgan fingerprint density at radius 2 is 1.14 bits per heavy atom. The fourth-order valence-corrected chi connectivity index (χ4v) is 0. The summed E-state index contributed by atoms with van der Waals surface area (Å²) in [5.41, 5.74) is 0. The molecule has 0 bridgehead atoms. The van der Waals surface area contributed by atoms with Crippen LogP contribution < -0.4 is 0 Å². The molecule has 0 saturated heterocycles. The van der Waals surface area contributed by atoms with Crippen LogP contribution >= 0.6 is 0 Å². The molecule has 0 radical (unpaired) electrons. The summed E-state index contributed by atoms with van der Waals surface area (Å²) in [6, 6.07) is 0. The van der Waals surface area contributed by atoms with Gasteiger partial charge in [0.05, 0.1) is 12.2 Å². The molecule has 2 unspecified atom stereocenters. The Labute approximate surface area is 62.7 Å². The molecule has 0 fully saturated rings. The molecular weight excluding hydrogens is 290 g/mol. The van der Waals surface area contributed by atoms with Crippen molar-refractivity contribution >= 4 is 0 Å². The second-order valence-corrected chi connectivity index (χ2v) is 1.48. The molecule has 2 atom stereocenters. The summed E-state index contributed by atoms with van der Waals surface area (Å²) < 4.78 is 0. The second-order valence-electron chi connectivity index (χ2n) is 1.48. The zero-order chi connectivity index (χ0) is 5.15. The molecule has 0 aliphatic rings. The topological polar surface area (TPSA) is 40.5 Å². The maximum atomic E-state index is 8.38. The van der Waals surface area contributed by atoms with Crippen LogP contribution in [0.1, 0.15) is 13.8 Å². The third kappa shape index (κ3) is 6.80. The molecule has 2 nitrogen and oxygen atoms in total. The van der Waals surface area contributed by atoms with Crippen molar-refractivity contribution in [3.63, 3.8) is 0 Å². The van der Waals surface area contributed by atoms with E-state index in [1.807, 2.05) is 0 Å². The summed E-state index contributed by atoms with van der Waals surface area (Å²) >= 11 is 0. The van der Waals surface area contributed by atoms with Crippen molar-refractivity contribution in [2.75, 3.05) is 0 Å². The predicted molar refractivity (Wildman–Crippen MR) is 24.8 cm³/mol. The Hall–Kier alpha value is 0.803. The average molecular weight is 301 g/mol. The van der Waals surface area contributed by atoms with Crippen molar-refractivity contribution in [2.24, 2.45) is 0 Å². The summed E-state index contributed by atoms with van der Waals surface area (Å²) in [7, 11) is 0. The van der Waals surface area contributed by atoms with Crippen molar-refractivity contribution in [3.05, 3.63) is 0 Å². The fraction of sp³-hybridized carbons (Fsp3) is 1.00. The normalized spacial score (nSPS) is 17.1. The van der Waals surface area contributed by atoms with E-state index in [2.05, 4.69) is 0 Å². The Morgan fingerprint density at radius 1 is 1.00 bits per heavy atom. The van der Waals surface area contributed by atoms with Crippen LogP contribution in [0.3, 0.4) is 0 Å². The first-order valence-corrected chi connectivity index (χ1v) is 2.00. The van der Waals surface area contributed by atoms with Crippen LogP contribution in [-0.2, 0) is 0 Å². The quantitative estimate of drug-likeness (QED) is 0.684. The summed E-state index contributed by atoms with van der Waals surface area (Å²) in [5.74, 6) is 0. The molecule has 0 aromatic rings. The summed E-state index contributed by atoms with van der Waals surface area (Å²) in [6.07, 6.45) is -1.19. The van der Waals surface area contributed by atoms with Crippen LogP contribution in [0.15, 0.2) is 0 Å². The molecular formula is C4H11AtO2. The predicted octanol–water partition coefficient (Wildman–Crippen LogP) is -0.520. The summed E-state index contributed by atoms with van der Waals surface area (Å²) in [4.78, 5) is 0. The first-order valence-electron chi connectivity index (χ1n) is 2.00. The van der Waals surface area contributed by atoms with E-state index in [9.17, 15) is 0 Å². The molecule has 0 heterocycles. The van der Waals surface area contributed by atoms with Crippen LogP contribution in [-0.4, -0.2) is 22.4 Å². The standard InChI is InChI=1S/C4H10O2.AtH/c1-3(5)4(2)6;/h3-6H,1-2H3;1H. The molecule has 0 spiro atoms. The molecule has 0 aromatic heterocycles. The van der Waals surface area contributed by atoms with Crippen LogP contribution in [0.4, 0.5) is 0 Å². The maximum absolute atomic E-state index is 8.38. The van der Waals surface area contributed by atoms with Crippen molar-refractivity contribution < 1.29 is 36.4 Å². The minimum absolute atomic E-state index is 0. The number of hydrogen-bond donors (Lipinski definition) is 2. The van der Waals surface area contributed by atoms with E-state index in [0.29, 0.717) is 0 Å². The second kappa shape index (κ2) is 4.95. The minimum atomic E-state index is -0.593. The van der Waals surface area contributed by atoms with Gasteiger partial charge in [-0.15, -0.1) is 0 Å². The van der Waals surface area contributed by atoms with Gasteiger partial charge in [-0.05, 0) is 13.8 Å². The Kier molecular flexibility index (Phi) is 7.58. The molecule has 46 valence electrons. The molecule has 0 amide bonds. The SMILES string of the molecule is CC(O)C(C)O.[AtH]. The Balaban J connectivity index is 0. The van der Waals surface area contributed by atoms with Gasteiger partial charge in [0.15, 0.2) is 0 Å². The molecule has 2 N–H and O–H groups in total. The third-order valence-corrected chi connectivity index (χ3v) is 0.698. The van der Waals surface area contributed by atoms with Crippen molar-refractivity contribution in [2.45, 2.75) is 26.1 Å². The van der Waals surface area contributed by atoms with E-state index >= 15 is 0 Å². The average Bonchev–Trinajstić information content (AvgIpc) is 1.36. The van der Waals surface area contributed by atoms with Gasteiger partial charge in [0.25, 0.3) is 0 Å². The van der Waals surface area contributed by atoms with Crippen LogP contribution in [0, 0.1) is 26.2 Å². The van der Waals surface area contributed by atoms with Crippen molar-refractivity contribution in [3.8, 4) is 0 Å². The third-order valence-electron chi connectivity index (χ3n) is 0.698. The zero-order valence-corrected chi connectivity index (χ0v) is 7.63. The van der Waals surface area contributed by atoms with Crippen LogP contribution in [0.5, 0.6) is 0 Å². The van der Waals surface area contributed by atoms with Crippen molar-refractivity contribution in [1.29, 1.82) is 0 Å². The molecule has 7 heavy (non-hydrogen) atoms. The monoisotopic (exact) mass is 301 g/mol. The van der Waals surface area contributed by atoms with Gasteiger partial charge in [-0.25, -0.2) is 0 Å². The molecule has 3 heteroatoms.